The summed E-state index contributed by atoms with van der Waals surface area (Å²) in [5, 5.41) is 8.88. The van der Waals surface area contributed by atoms with Crippen molar-refractivity contribution in [2.45, 2.75) is 16.7 Å². The minimum atomic E-state index is -3.89. The number of aromatic carboxylic acids is 1. The van der Waals surface area contributed by atoms with Gasteiger partial charge in [0.25, 0.3) is 10.0 Å². The normalized spacial score (nSPS) is 18.9. The number of likely N-dealkylation sites (tertiary alicyclic amines) is 1. The molecule has 0 spiro atoms. The maximum absolute atomic E-state index is 12.5. The van der Waals surface area contributed by atoms with Crippen LogP contribution in [-0.2, 0) is 14.8 Å². The Morgan fingerprint density at radius 2 is 2.27 bits per heavy atom. The number of amides is 1. The summed E-state index contributed by atoms with van der Waals surface area (Å²) in [5.74, 6) is -1.44. The Kier molecular flexibility index (Phi) is 4.69. The number of nitrogens with zero attached hydrogens (tertiary/aromatic N) is 2. The van der Waals surface area contributed by atoms with E-state index in [1.165, 1.54) is 19.2 Å². The lowest BCUT2D eigenvalue weighted by Gasteiger charge is -2.22. The van der Waals surface area contributed by atoms with E-state index in [-0.39, 0.29) is 15.0 Å². The molecule has 2 heterocycles. The van der Waals surface area contributed by atoms with Gasteiger partial charge in [0.15, 0.2) is 0 Å². The zero-order valence-electron chi connectivity index (χ0n) is 11.9. The Morgan fingerprint density at radius 1 is 1.59 bits per heavy atom. The number of carbonyl (C=O) groups excluding carboxylic acids is 1. The van der Waals surface area contributed by atoms with Crippen molar-refractivity contribution >= 4 is 33.2 Å². The van der Waals surface area contributed by atoms with Crippen molar-refractivity contribution in [1.29, 1.82) is 0 Å². The lowest BCUT2D eigenvalue weighted by molar-refractivity contribution is -0.130. The van der Waals surface area contributed by atoms with Crippen LogP contribution in [0.5, 0.6) is 0 Å². The average molecular weight is 344 g/mol. The number of hydrogen-bond donors (Lipinski definition) is 1. The fourth-order valence-corrected chi connectivity index (χ4v) is 4.95. The molecule has 1 atom stereocenters. The highest BCUT2D eigenvalue weighted by atomic mass is 32.2. The maximum Gasteiger partial charge on any atom is 0.345 e. The van der Waals surface area contributed by atoms with Crippen LogP contribution in [0.1, 0.15) is 16.1 Å². The van der Waals surface area contributed by atoms with Gasteiger partial charge in [-0.15, -0.1) is 17.9 Å². The highest BCUT2D eigenvalue weighted by Crippen LogP contribution is 2.28. The van der Waals surface area contributed by atoms with Crippen molar-refractivity contribution in [3.8, 4) is 0 Å². The topological polar surface area (TPSA) is 95.0 Å². The fourth-order valence-electron chi connectivity index (χ4n) is 2.28. The minimum Gasteiger partial charge on any atom is -0.477 e. The maximum atomic E-state index is 12.5. The molecule has 22 heavy (non-hydrogen) atoms. The number of likely N-dealkylation sites (N-methyl/N-ethyl adjacent to an activating group) is 1. The van der Waals surface area contributed by atoms with Gasteiger partial charge in [0.05, 0.1) is 0 Å². The van der Waals surface area contributed by atoms with Crippen molar-refractivity contribution < 1.29 is 23.1 Å². The van der Waals surface area contributed by atoms with Crippen LogP contribution in [0, 0.1) is 0 Å². The monoisotopic (exact) mass is 344 g/mol. The van der Waals surface area contributed by atoms with Gasteiger partial charge in [-0.3, -0.25) is 4.79 Å². The Bertz CT molecular complexity index is 710. The largest absolute Gasteiger partial charge is 0.477 e. The number of sulfonamides is 1. The predicted molar refractivity (Wildman–Crippen MR) is 81.4 cm³/mol. The number of carboxylic acid groups (broad SMARTS) is 1. The first-order chi connectivity index (χ1) is 10.3. The van der Waals surface area contributed by atoms with Crippen LogP contribution in [0.15, 0.2) is 29.0 Å². The summed E-state index contributed by atoms with van der Waals surface area (Å²) in [7, 11) is -2.55. The van der Waals surface area contributed by atoms with Gasteiger partial charge in [-0.1, -0.05) is 6.08 Å². The second-order valence-electron chi connectivity index (χ2n) is 4.82. The molecule has 1 aromatic rings. The summed E-state index contributed by atoms with van der Waals surface area (Å²) in [6, 6.07) is 1.73. The van der Waals surface area contributed by atoms with Crippen LogP contribution in [0.3, 0.4) is 0 Å². The Balaban J connectivity index is 2.24. The molecule has 1 N–H and O–H groups in total. The van der Waals surface area contributed by atoms with Gasteiger partial charge in [0.2, 0.25) is 5.91 Å². The predicted octanol–water partition coefficient (Wildman–Crippen LogP) is 0.854. The SMILES string of the molecule is C=CCN1CCC(N(C)S(=O)(=O)c2ccc(C(=O)O)s2)C1=O. The van der Waals surface area contributed by atoms with E-state index in [9.17, 15) is 18.0 Å². The van der Waals surface area contributed by atoms with Crippen molar-refractivity contribution in [1.82, 2.24) is 9.21 Å². The quantitative estimate of drug-likeness (QED) is 0.772. The molecule has 1 unspecified atom stereocenters. The Morgan fingerprint density at radius 3 is 2.82 bits per heavy atom. The van der Waals surface area contributed by atoms with Gasteiger partial charge in [0.1, 0.15) is 15.1 Å². The third-order valence-corrected chi connectivity index (χ3v) is 6.89. The van der Waals surface area contributed by atoms with Crippen molar-refractivity contribution in [3.05, 3.63) is 29.7 Å². The molecule has 1 aromatic heterocycles. The summed E-state index contributed by atoms with van der Waals surface area (Å²) < 4.78 is 26.0. The van der Waals surface area contributed by atoms with E-state index in [0.717, 1.165) is 4.31 Å². The van der Waals surface area contributed by atoms with E-state index in [1.54, 1.807) is 11.0 Å². The van der Waals surface area contributed by atoms with Crippen LogP contribution in [0.25, 0.3) is 0 Å². The third kappa shape index (κ3) is 2.92. The molecule has 0 radical (unpaired) electrons. The molecule has 0 aromatic carbocycles. The molecule has 1 aliphatic rings. The lowest BCUT2D eigenvalue weighted by Crippen LogP contribution is -2.42. The number of carbonyl (C=O) groups is 2. The van der Waals surface area contributed by atoms with E-state index in [2.05, 4.69) is 6.58 Å². The summed E-state index contributed by atoms with van der Waals surface area (Å²) in [5.41, 5.74) is 0. The number of carboxylic acids is 1. The fraction of sp³-hybridized carbons (Fsp3) is 0.385. The second kappa shape index (κ2) is 6.19. The summed E-state index contributed by atoms with van der Waals surface area (Å²) in [4.78, 5) is 24.6. The van der Waals surface area contributed by atoms with Gasteiger partial charge in [-0.25, -0.2) is 13.2 Å². The van der Waals surface area contributed by atoms with Gasteiger partial charge < -0.3 is 10.0 Å². The Labute approximate surface area is 132 Å². The Hall–Kier alpha value is -1.71. The van der Waals surface area contributed by atoms with Gasteiger partial charge in [-0.2, -0.15) is 4.31 Å². The van der Waals surface area contributed by atoms with Crippen molar-refractivity contribution in [2.24, 2.45) is 0 Å². The van der Waals surface area contributed by atoms with Gasteiger partial charge in [-0.05, 0) is 18.6 Å². The molecule has 1 fully saturated rings. The first-order valence-electron chi connectivity index (χ1n) is 6.50. The van der Waals surface area contributed by atoms with Crippen LogP contribution in [-0.4, -0.2) is 60.8 Å². The van der Waals surface area contributed by atoms with E-state index in [0.29, 0.717) is 30.8 Å². The van der Waals surface area contributed by atoms with Crippen LogP contribution in [0.2, 0.25) is 0 Å². The van der Waals surface area contributed by atoms with Crippen LogP contribution in [0.4, 0.5) is 0 Å². The van der Waals surface area contributed by atoms with E-state index in [1.807, 2.05) is 0 Å². The first kappa shape index (κ1) is 16.7. The van der Waals surface area contributed by atoms with Gasteiger partial charge >= 0.3 is 5.97 Å². The standard InChI is InChI=1S/C13H16N2O5S2/c1-3-7-15-8-6-9(12(15)16)14(2)22(19,20)11-5-4-10(21-11)13(17)18/h3-5,9H,1,6-8H2,2H3,(H,17,18). The molecule has 9 heteroatoms. The zero-order valence-corrected chi connectivity index (χ0v) is 13.6. The molecule has 1 saturated heterocycles. The molecule has 1 amide bonds. The highest BCUT2D eigenvalue weighted by Gasteiger charge is 2.39. The van der Waals surface area contributed by atoms with E-state index < -0.39 is 22.0 Å². The third-order valence-electron chi connectivity index (χ3n) is 3.48. The van der Waals surface area contributed by atoms with E-state index >= 15 is 0 Å². The zero-order chi connectivity index (χ0) is 16.5. The van der Waals surface area contributed by atoms with Crippen molar-refractivity contribution in [2.75, 3.05) is 20.1 Å². The lowest BCUT2D eigenvalue weighted by atomic mass is 10.2. The molecule has 2 rings (SSSR count). The first-order valence-corrected chi connectivity index (χ1v) is 8.75. The molecule has 0 bridgehead atoms. The summed E-state index contributed by atoms with van der Waals surface area (Å²) in [6.45, 7) is 4.42. The highest BCUT2D eigenvalue weighted by molar-refractivity contribution is 7.91. The van der Waals surface area contributed by atoms with Crippen molar-refractivity contribution in [3.63, 3.8) is 0 Å². The molecule has 7 nitrogen and oxygen atoms in total. The molecular formula is C13H16N2O5S2. The molecular weight excluding hydrogens is 328 g/mol. The molecule has 120 valence electrons. The summed E-state index contributed by atoms with van der Waals surface area (Å²) in [6.07, 6.45) is 1.99. The second-order valence-corrected chi connectivity index (χ2v) is 8.13. The molecule has 0 saturated carbocycles. The molecule has 1 aliphatic heterocycles. The van der Waals surface area contributed by atoms with Crippen LogP contribution < -0.4 is 0 Å². The average Bonchev–Trinajstić information content (AvgIpc) is 3.07. The number of rotatable bonds is 6. The molecule has 0 aliphatic carbocycles. The number of thiophene rings is 1. The summed E-state index contributed by atoms with van der Waals surface area (Å²) >= 11 is 0.677. The number of hydrogen-bond acceptors (Lipinski definition) is 5. The van der Waals surface area contributed by atoms with Gasteiger partial charge in [0, 0.05) is 20.1 Å². The van der Waals surface area contributed by atoms with Crippen LogP contribution >= 0.6 is 11.3 Å². The van der Waals surface area contributed by atoms with E-state index in [4.69, 9.17) is 5.11 Å². The minimum absolute atomic E-state index is 0.0574. The smallest absolute Gasteiger partial charge is 0.345 e.